The van der Waals surface area contributed by atoms with Crippen LogP contribution in [0.15, 0.2) is 60.7 Å². The maximum atomic E-state index is 12.7. The molecule has 154 valence electrons. The Kier molecular flexibility index (Phi) is 5.68. The Bertz CT molecular complexity index is 1100. The van der Waals surface area contributed by atoms with Crippen LogP contribution in [-0.2, 0) is 6.18 Å². The topological polar surface area (TPSA) is 87.0 Å². The summed E-state index contributed by atoms with van der Waals surface area (Å²) in [6.07, 6.45) is -1.34. The lowest BCUT2D eigenvalue weighted by atomic mass is 10.1. The molecule has 0 bridgehead atoms. The molecule has 5 nitrogen and oxygen atoms in total. The molecular formula is C22H15F3O5. The minimum Gasteiger partial charge on any atom is -0.508 e. The second-order valence-corrected chi connectivity index (χ2v) is 6.30. The molecule has 0 aliphatic rings. The van der Waals surface area contributed by atoms with Crippen molar-refractivity contribution >= 4 is 18.1 Å². The van der Waals surface area contributed by atoms with E-state index in [-0.39, 0.29) is 17.2 Å². The molecule has 3 rings (SSSR count). The van der Waals surface area contributed by atoms with E-state index in [9.17, 15) is 33.3 Å². The van der Waals surface area contributed by atoms with Gasteiger partial charge in [0.1, 0.15) is 28.6 Å². The number of hydrogen-bond donors (Lipinski definition) is 3. The molecule has 0 unspecified atom stereocenters. The highest BCUT2D eigenvalue weighted by Crippen LogP contribution is 2.33. The molecule has 0 aliphatic carbocycles. The normalized spacial score (nSPS) is 11.6. The van der Waals surface area contributed by atoms with Gasteiger partial charge in [-0.3, -0.25) is 0 Å². The van der Waals surface area contributed by atoms with Crippen LogP contribution in [0.3, 0.4) is 0 Å². The summed E-state index contributed by atoms with van der Waals surface area (Å²) in [6, 6.07) is 12.2. The summed E-state index contributed by atoms with van der Waals surface area (Å²) in [5, 5.41) is 28.9. The van der Waals surface area contributed by atoms with Gasteiger partial charge in [-0.25, -0.2) is 4.79 Å². The predicted octanol–water partition coefficient (Wildman–Crippen LogP) is 5.21. The van der Waals surface area contributed by atoms with Crippen LogP contribution < -0.4 is 4.74 Å². The Morgan fingerprint density at radius 1 is 0.800 bits per heavy atom. The van der Waals surface area contributed by atoms with Gasteiger partial charge in [-0.05, 0) is 53.6 Å². The summed E-state index contributed by atoms with van der Waals surface area (Å²) >= 11 is 0. The molecule has 3 aromatic rings. The first-order valence-electron chi connectivity index (χ1n) is 8.55. The molecule has 0 atom stereocenters. The van der Waals surface area contributed by atoms with E-state index in [4.69, 9.17) is 4.74 Å². The zero-order valence-corrected chi connectivity index (χ0v) is 15.2. The zero-order valence-electron chi connectivity index (χ0n) is 15.2. The van der Waals surface area contributed by atoms with Gasteiger partial charge >= 0.3 is 12.1 Å². The SMILES string of the molecule is O=C(Oc1cc(O)cc(/C=C/c2ccc(O)cc2)c1)c1ccc(C(F)(F)F)cc1O. The van der Waals surface area contributed by atoms with Crippen LogP contribution in [-0.4, -0.2) is 21.3 Å². The molecule has 0 saturated carbocycles. The van der Waals surface area contributed by atoms with Crippen molar-refractivity contribution in [1.29, 1.82) is 0 Å². The van der Waals surface area contributed by atoms with E-state index in [0.29, 0.717) is 17.7 Å². The monoisotopic (exact) mass is 416 g/mol. The molecule has 0 radical (unpaired) electrons. The van der Waals surface area contributed by atoms with Crippen molar-refractivity contribution in [3.8, 4) is 23.0 Å². The minimum absolute atomic E-state index is 0.0651. The maximum absolute atomic E-state index is 12.7. The highest BCUT2D eigenvalue weighted by Gasteiger charge is 2.31. The van der Waals surface area contributed by atoms with E-state index >= 15 is 0 Å². The number of halogens is 3. The fourth-order valence-electron chi connectivity index (χ4n) is 2.58. The summed E-state index contributed by atoms with van der Waals surface area (Å²) in [6.45, 7) is 0. The number of ether oxygens (including phenoxy) is 1. The first-order valence-corrected chi connectivity index (χ1v) is 8.55. The highest BCUT2D eigenvalue weighted by molar-refractivity contribution is 5.94. The predicted molar refractivity (Wildman–Crippen MR) is 103 cm³/mol. The Balaban J connectivity index is 1.80. The van der Waals surface area contributed by atoms with Crippen LogP contribution in [0.5, 0.6) is 23.0 Å². The standard InChI is InChI=1S/C22H15F3O5/c23-22(24,25)15-5-8-19(20(28)11-15)21(29)30-18-10-14(9-17(27)12-18)2-1-13-3-6-16(26)7-4-13/h1-12,26-28H/b2-1+. The number of phenols is 3. The first kappa shape index (κ1) is 20.8. The van der Waals surface area contributed by atoms with Gasteiger partial charge in [0.05, 0.1) is 5.56 Å². The second kappa shape index (κ2) is 8.20. The molecule has 3 N–H and O–H groups in total. The zero-order chi connectivity index (χ0) is 21.9. The molecule has 8 heteroatoms. The number of alkyl halides is 3. The summed E-state index contributed by atoms with van der Waals surface area (Å²) < 4.78 is 43.1. The third-order valence-electron chi connectivity index (χ3n) is 4.03. The van der Waals surface area contributed by atoms with Crippen LogP contribution >= 0.6 is 0 Å². The van der Waals surface area contributed by atoms with Crippen LogP contribution in [0, 0.1) is 0 Å². The van der Waals surface area contributed by atoms with Crippen molar-refractivity contribution in [2.24, 2.45) is 0 Å². The molecule has 0 amide bonds. The van der Waals surface area contributed by atoms with Gasteiger partial charge in [0.2, 0.25) is 0 Å². The van der Waals surface area contributed by atoms with E-state index < -0.39 is 29.0 Å². The van der Waals surface area contributed by atoms with Gasteiger partial charge in [0.15, 0.2) is 0 Å². The van der Waals surface area contributed by atoms with Crippen molar-refractivity contribution in [3.63, 3.8) is 0 Å². The molecule has 3 aromatic carbocycles. The Morgan fingerprint density at radius 2 is 1.47 bits per heavy atom. The Hall–Kier alpha value is -3.94. The van der Waals surface area contributed by atoms with Gasteiger partial charge in [-0.15, -0.1) is 0 Å². The third kappa shape index (κ3) is 5.11. The lowest BCUT2D eigenvalue weighted by Crippen LogP contribution is -2.11. The van der Waals surface area contributed by atoms with Crippen LogP contribution in [0.25, 0.3) is 12.2 Å². The highest BCUT2D eigenvalue weighted by atomic mass is 19.4. The molecule has 0 fully saturated rings. The quantitative estimate of drug-likeness (QED) is 0.309. The van der Waals surface area contributed by atoms with Crippen molar-refractivity contribution in [1.82, 2.24) is 0 Å². The van der Waals surface area contributed by atoms with Crippen LogP contribution in [0.1, 0.15) is 27.0 Å². The molecule has 0 spiro atoms. The van der Waals surface area contributed by atoms with Gasteiger partial charge in [-0.1, -0.05) is 24.3 Å². The smallest absolute Gasteiger partial charge is 0.416 e. The number of rotatable bonds is 4. The van der Waals surface area contributed by atoms with Gasteiger partial charge in [-0.2, -0.15) is 13.2 Å². The average Bonchev–Trinajstić information content (AvgIpc) is 2.66. The fraction of sp³-hybridized carbons (Fsp3) is 0.0455. The number of hydrogen-bond acceptors (Lipinski definition) is 5. The van der Waals surface area contributed by atoms with E-state index in [1.807, 2.05) is 0 Å². The lowest BCUT2D eigenvalue weighted by molar-refractivity contribution is -0.137. The van der Waals surface area contributed by atoms with Gasteiger partial charge in [0.25, 0.3) is 0 Å². The van der Waals surface area contributed by atoms with Gasteiger partial charge < -0.3 is 20.1 Å². The van der Waals surface area contributed by atoms with E-state index in [0.717, 1.165) is 17.7 Å². The number of benzene rings is 3. The maximum Gasteiger partial charge on any atom is 0.416 e. The average molecular weight is 416 g/mol. The molecule has 0 saturated heterocycles. The fourth-order valence-corrected chi connectivity index (χ4v) is 2.58. The van der Waals surface area contributed by atoms with E-state index in [1.54, 1.807) is 24.3 Å². The Morgan fingerprint density at radius 3 is 2.10 bits per heavy atom. The molecule has 30 heavy (non-hydrogen) atoms. The third-order valence-corrected chi connectivity index (χ3v) is 4.03. The number of carbonyl (C=O) groups excluding carboxylic acids is 1. The Labute approximate surface area is 168 Å². The van der Waals surface area contributed by atoms with E-state index in [2.05, 4.69) is 0 Å². The lowest BCUT2D eigenvalue weighted by Gasteiger charge is -2.10. The molecule has 0 aliphatic heterocycles. The largest absolute Gasteiger partial charge is 0.508 e. The number of esters is 1. The number of aromatic hydroxyl groups is 3. The summed E-state index contributed by atoms with van der Waals surface area (Å²) in [5.41, 5.74) is -0.310. The summed E-state index contributed by atoms with van der Waals surface area (Å²) in [7, 11) is 0. The second-order valence-electron chi connectivity index (χ2n) is 6.30. The van der Waals surface area contributed by atoms with Crippen molar-refractivity contribution in [3.05, 3.63) is 82.9 Å². The first-order chi connectivity index (χ1) is 14.1. The van der Waals surface area contributed by atoms with Crippen molar-refractivity contribution in [2.45, 2.75) is 6.18 Å². The molecular weight excluding hydrogens is 401 g/mol. The van der Waals surface area contributed by atoms with Gasteiger partial charge in [0, 0.05) is 6.07 Å². The van der Waals surface area contributed by atoms with Crippen molar-refractivity contribution in [2.75, 3.05) is 0 Å². The summed E-state index contributed by atoms with van der Waals surface area (Å²) in [4.78, 5) is 12.2. The summed E-state index contributed by atoms with van der Waals surface area (Å²) in [5.74, 6) is -2.11. The van der Waals surface area contributed by atoms with Crippen LogP contribution in [0.4, 0.5) is 13.2 Å². The number of phenolic OH excluding ortho intramolecular Hbond substituents is 3. The van der Waals surface area contributed by atoms with Crippen molar-refractivity contribution < 1.29 is 38.0 Å². The molecule has 0 aromatic heterocycles. The minimum atomic E-state index is -4.66. The van der Waals surface area contributed by atoms with E-state index in [1.165, 1.54) is 24.3 Å². The van der Waals surface area contributed by atoms with Crippen LogP contribution in [0.2, 0.25) is 0 Å². The number of carbonyl (C=O) groups is 1. The molecule has 0 heterocycles.